The number of hydrogen-bond donors (Lipinski definition) is 3. The number of nitrogens with zero attached hydrogens (tertiary/aromatic N) is 2. The number of fused-ring (bicyclic) bond motifs is 1. The van der Waals surface area contributed by atoms with Crippen LogP contribution in [0.5, 0.6) is 11.5 Å². The molecule has 41 heavy (non-hydrogen) atoms. The summed E-state index contributed by atoms with van der Waals surface area (Å²) in [7, 11) is 1.59. The Kier molecular flexibility index (Phi) is 10.0. The lowest BCUT2D eigenvalue weighted by Crippen LogP contribution is -2.33. The molecule has 0 radical (unpaired) electrons. The maximum atomic E-state index is 13.0. The molecule has 1 unspecified atom stereocenters. The quantitative estimate of drug-likeness (QED) is 0.231. The van der Waals surface area contributed by atoms with Gasteiger partial charge in [-0.15, -0.1) is 0 Å². The van der Waals surface area contributed by atoms with E-state index in [4.69, 9.17) is 25.8 Å². The van der Waals surface area contributed by atoms with E-state index < -0.39 is 11.7 Å². The Morgan fingerprint density at radius 2 is 2.00 bits per heavy atom. The van der Waals surface area contributed by atoms with Gasteiger partial charge < -0.3 is 30.2 Å². The van der Waals surface area contributed by atoms with Crippen LogP contribution in [0.1, 0.15) is 24.5 Å². The van der Waals surface area contributed by atoms with E-state index in [0.717, 1.165) is 12.1 Å². The van der Waals surface area contributed by atoms with Crippen molar-refractivity contribution in [3.63, 3.8) is 0 Å². The topological polar surface area (TPSA) is 107 Å². The molecule has 1 aromatic heterocycles. The third-order valence-electron chi connectivity index (χ3n) is 6.00. The number of alkyl halides is 3. The number of methoxy groups -OCH3 is 1. The highest BCUT2D eigenvalue weighted by Gasteiger charge is 2.30. The molecular weight excluding hydrogens is 563 g/mol. The number of nitrogens with one attached hydrogen (secondary N) is 3. The molecule has 13 heteroatoms. The Hall–Kier alpha value is -3.87. The van der Waals surface area contributed by atoms with Crippen LogP contribution in [0.15, 0.2) is 54.4 Å². The van der Waals surface area contributed by atoms with Crippen molar-refractivity contribution in [3.05, 3.63) is 70.5 Å². The zero-order chi connectivity index (χ0) is 29.4. The molecule has 3 aromatic rings. The highest BCUT2D eigenvalue weighted by Crippen LogP contribution is 2.36. The molecule has 1 atom stereocenters. The number of carbonyl (C=O) groups excluding carboxylic acids is 1. The van der Waals surface area contributed by atoms with Crippen molar-refractivity contribution >= 4 is 40.9 Å². The van der Waals surface area contributed by atoms with E-state index in [1.165, 1.54) is 24.5 Å². The number of rotatable bonds is 11. The number of anilines is 3. The maximum Gasteiger partial charge on any atom is 0.416 e. The molecule has 4 rings (SSSR count). The summed E-state index contributed by atoms with van der Waals surface area (Å²) in [6.07, 6.45) is -1.09. The molecule has 3 N–H and O–H groups in total. The van der Waals surface area contributed by atoms with Gasteiger partial charge in [-0.05, 0) is 55.8 Å². The first kappa shape index (κ1) is 30.1. The highest BCUT2D eigenvalue weighted by molar-refractivity contribution is 6.32. The average molecular weight is 592 g/mol. The van der Waals surface area contributed by atoms with Gasteiger partial charge in [0.2, 0.25) is 5.91 Å². The summed E-state index contributed by atoms with van der Waals surface area (Å²) in [6.45, 7) is 3.60. The molecule has 0 spiro atoms. The fourth-order valence-electron chi connectivity index (χ4n) is 3.92. The summed E-state index contributed by atoms with van der Waals surface area (Å²) in [4.78, 5) is 21.6. The summed E-state index contributed by atoms with van der Waals surface area (Å²) >= 11 is 6.40. The lowest BCUT2D eigenvalue weighted by Gasteiger charge is -2.15. The molecule has 1 aliphatic heterocycles. The number of carbonyl (C=O) groups is 1. The minimum atomic E-state index is -4.49. The van der Waals surface area contributed by atoms with E-state index in [1.54, 1.807) is 25.3 Å². The Bertz CT molecular complexity index is 1400. The van der Waals surface area contributed by atoms with E-state index in [9.17, 15) is 18.0 Å². The molecule has 218 valence electrons. The van der Waals surface area contributed by atoms with Crippen molar-refractivity contribution in [2.45, 2.75) is 25.6 Å². The minimum Gasteiger partial charge on any atom is -0.456 e. The van der Waals surface area contributed by atoms with E-state index >= 15 is 0 Å². The Balaban J connectivity index is 1.48. The van der Waals surface area contributed by atoms with Gasteiger partial charge in [-0.1, -0.05) is 17.7 Å². The van der Waals surface area contributed by atoms with Gasteiger partial charge in [-0.2, -0.15) is 13.2 Å². The zero-order valence-corrected chi connectivity index (χ0v) is 23.1. The number of benzene rings is 2. The van der Waals surface area contributed by atoms with Gasteiger partial charge in [-0.3, -0.25) is 4.79 Å². The molecule has 0 saturated heterocycles. The van der Waals surface area contributed by atoms with Crippen LogP contribution in [0.3, 0.4) is 0 Å². The molecule has 0 aliphatic carbocycles. The first-order valence-electron chi connectivity index (χ1n) is 12.7. The monoisotopic (exact) mass is 591 g/mol. The second-order valence-electron chi connectivity index (χ2n) is 9.11. The summed E-state index contributed by atoms with van der Waals surface area (Å²) in [5, 5.41) is 9.45. The molecule has 9 nitrogen and oxygen atoms in total. The van der Waals surface area contributed by atoms with Crippen LogP contribution in [-0.2, 0) is 20.4 Å². The van der Waals surface area contributed by atoms with Crippen LogP contribution >= 0.6 is 11.6 Å². The zero-order valence-electron chi connectivity index (χ0n) is 22.3. The molecule has 1 aliphatic rings. The van der Waals surface area contributed by atoms with Crippen molar-refractivity contribution in [1.29, 1.82) is 0 Å². The molecule has 0 fully saturated rings. The van der Waals surface area contributed by atoms with Gasteiger partial charge >= 0.3 is 6.18 Å². The molecule has 2 heterocycles. The SMILES string of the molecule is COCCOC(C)CNC(=O)C1=Cc2c(ncnc2Nc2ccc(Oc3cccc(C(F)(F)F)c3)c(Cl)c2)NCC1. The number of amides is 1. The lowest BCUT2D eigenvalue weighted by atomic mass is 10.1. The van der Waals surface area contributed by atoms with Crippen molar-refractivity contribution in [1.82, 2.24) is 15.3 Å². The fourth-order valence-corrected chi connectivity index (χ4v) is 4.14. The number of hydrogen-bond acceptors (Lipinski definition) is 8. The average Bonchev–Trinajstić information content (AvgIpc) is 3.17. The predicted octanol–water partition coefficient (Wildman–Crippen LogP) is 6.05. The largest absolute Gasteiger partial charge is 0.456 e. The minimum absolute atomic E-state index is 0.00139. The molecule has 0 bridgehead atoms. The molecular formula is C28H29ClF3N5O4. The fraction of sp³-hybridized carbons (Fsp3) is 0.321. The summed E-state index contributed by atoms with van der Waals surface area (Å²) in [5.41, 5.74) is 0.840. The van der Waals surface area contributed by atoms with Gasteiger partial charge in [0.15, 0.2) is 0 Å². The third kappa shape index (κ3) is 8.32. The van der Waals surface area contributed by atoms with Gasteiger partial charge in [0.1, 0.15) is 29.5 Å². The van der Waals surface area contributed by atoms with Crippen molar-refractivity contribution < 1.29 is 32.2 Å². The Morgan fingerprint density at radius 1 is 1.17 bits per heavy atom. The highest BCUT2D eigenvalue weighted by atomic mass is 35.5. The van der Waals surface area contributed by atoms with E-state index in [0.29, 0.717) is 61.2 Å². The number of aromatic nitrogens is 2. The van der Waals surface area contributed by atoms with E-state index in [2.05, 4.69) is 25.9 Å². The van der Waals surface area contributed by atoms with Crippen LogP contribution < -0.4 is 20.7 Å². The summed E-state index contributed by atoms with van der Waals surface area (Å²) < 4.78 is 55.3. The van der Waals surface area contributed by atoms with E-state index in [1.807, 2.05) is 6.92 Å². The van der Waals surface area contributed by atoms with Gasteiger partial charge in [-0.25, -0.2) is 9.97 Å². The lowest BCUT2D eigenvalue weighted by molar-refractivity contribution is -0.137. The predicted molar refractivity (Wildman–Crippen MR) is 150 cm³/mol. The van der Waals surface area contributed by atoms with Crippen molar-refractivity contribution in [2.75, 3.05) is 44.0 Å². The Labute approximate surface area is 240 Å². The number of halogens is 4. The second-order valence-corrected chi connectivity index (χ2v) is 9.52. The molecule has 2 aromatic carbocycles. The summed E-state index contributed by atoms with van der Waals surface area (Å²) in [6, 6.07) is 9.28. The van der Waals surface area contributed by atoms with Crippen LogP contribution in [-0.4, -0.2) is 55.4 Å². The van der Waals surface area contributed by atoms with Gasteiger partial charge in [0.05, 0.1) is 35.5 Å². The first-order chi connectivity index (χ1) is 19.6. The second kappa shape index (κ2) is 13.7. The van der Waals surface area contributed by atoms with Crippen LogP contribution in [0, 0.1) is 0 Å². The van der Waals surface area contributed by atoms with Gasteiger partial charge in [0, 0.05) is 31.5 Å². The first-order valence-corrected chi connectivity index (χ1v) is 13.1. The normalized spacial score (nSPS) is 13.8. The Morgan fingerprint density at radius 3 is 2.76 bits per heavy atom. The number of ether oxygens (including phenoxy) is 3. The van der Waals surface area contributed by atoms with Crippen LogP contribution in [0.25, 0.3) is 6.08 Å². The molecule has 1 amide bonds. The van der Waals surface area contributed by atoms with Crippen molar-refractivity contribution in [2.24, 2.45) is 0 Å². The van der Waals surface area contributed by atoms with E-state index in [-0.39, 0.29) is 28.5 Å². The van der Waals surface area contributed by atoms with Gasteiger partial charge in [0.25, 0.3) is 0 Å². The summed E-state index contributed by atoms with van der Waals surface area (Å²) in [5.74, 6) is 0.932. The smallest absolute Gasteiger partial charge is 0.416 e. The molecule has 0 saturated carbocycles. The van der Waals surface area contributed by atoms with Crippen LogP contribution in [0.2, 0.25) is 5.02 Å². The maximum absolute atomic E-state index is 13.0. The van der Waals surface area contributed by atoms with Crippen molar-refractivity contribution in [3.8, 4) is 11.5 Å². The standard InChI is InChI=1S/C28H29ClF3N5O4/c1-17(40-11-10-39-2)15-34-27(38)18-8-9-33-25-22(12-18)26(36-16-35-25)37-20-6-7-24(23(29)14-20)41-21-5-3-4-19(13-21)28(30,31)32/h3-7,12-14,16-17H,8-11,15H2,1-2H3,(H,34,38)(H2,33,35,36,37). The van der Waals surface area contributed by atoms with Crippen LogP contribution in [0.4, 0.5) is 30.5 Å². The third-order valence-corrected chi connectivity index (χ3v) is 6.30.